The van der Waals surface area contributed by atoms with E-state index in [0.29, 0.717) is 0 Å². The van der Waals surface area contributed by atoms with Crippen LogP contribution in [0, 0.1) is 11.8 Å². The van der Waals surface area contributed by atoms with E-state index in [1.54, 1.807) is 0 Å². The van der Waals surface area contributed by atoms with Crippen LogP contribution in [0.15, 0.2) is 0 Å². The summed E-state index contributed by atoms with van der Waals surface area (Å²) >= 11 is 0. The van der Waals surface area contributed by atoms with Crippen LogP contribution in [0.5, 0.6) is 0 Å². The monoisotopic (exact) mass is 215 g/mol. The molecule has 15 heavy (non-hydrogen) atoms. The molecule has 0 aromatic heterocycles. The standard InChI is InChI=1S/C12H29N3/c1-11(2)9-14-6-8-15(7-5-13)10-12(3)4/h11-12,14H,5-10,13H2,1-4H3. The normalized spacial score (nSPS) is 12.0. The highest BCUT2D eigenvalue weighted by Crippen LogP contribution is 1.97. The molecule has 0 unspecified atom stereocenters. The van der Waals surface area contributed by atoms with Crippen molar-refractivity contribution >= 4 is 0 Å². The summed E-state index contributed by atoms with van der Waals surface area (Å²) in [4.78, 5) is 2.44. The summed E-state index contributed by atoms with van der Waals surface area (Å²) in [5, 5.41) is 3.46. The Labute approximate surface area is 95.4 Å². The molecule has 0 rings (SSSR count). The molecule has 3 nitrogen and oxygen atoms in total. The van der Waals surface area contributed by atoms with Crippen LogP contribution in [0.2, 0.25) is 0 Å². The van der Waals surface area contributed by atoms with Gasteiger partial charge in [-0.1, -0.05) is 27.7 Å². The molecule has 0 atom stereocenters. The zero-order valence-electron chi connectivity index (χ0n) is 10.9. The first-order chi connectivity index (χ1) is 7.06. The number of rotatable bonds is 9. The van der Waals surface area contributed by atoms with Gasteiger partial charge in [-0.15, -0.1) is 0 Å². The van der Waals surface area contributed by atoms with Crippen LogP contribution in [-0.4, -0.2) is 44.2 Å². The van der Waals surface area contributed by atoms with Crippen molar-refractivity contribution in [1.29, 1.82) is 0 Å². The molecule has 0 radical (unpaired) electrons. The Morgan fingerprint density at radius 2 is 1.73 bits per heavy atom. The van der Waals surface area contributed by atoms with Gasteiger partial charge in [0.05, 0.1) is 0 Å². The van der Waals surface area contributed by atoms with E-state index < -0.39 is 0 Å². The van der Waals surface area contributed by atoms with Gasteiger partial charge in [0.2, 0.25) is 0 Å². The Morgan fingerprint density at radius 1 is 1.07 bits per heavy atom. The molecule has 0 aromatic rings. The largest absolute Gasteiger partial charge is 0.329 e. The second-order valence-electron chi connectivity index (χ2n) is 5.08. The Balaban J connectivity index is 3.56. The van der Waals surface area contributed by atoms with E-state index in [1.165, 1.54) is 0 Å². The number of hydrogen-bond donors (Lipinski definition) is 2. The number of nitrogens with two attached hydrogens (primary N) is 1. The zero-order valence-corrected chi connectivity index (χ0v) is 10.9. The van der Waals surface area contributed by atoms with Gasteiger partial charge in [-0.05, 0) is 18.4 Å². The van der Waals surface area contributed by atoms with Gasteiger partial charge in [0.15, 0.2) is 0 Å². The molecule has 0 heterocycles. The molecule has 92 valence electrons. The Morgan fingerprint density at radius 3 is 2.20 bits per heavy atom. The summed E-state index contributed by atoms with van der Waals surface area (Å²) in [5.41, 5.74) is 5.60. The fourth-order valence-electron chi connectivity index (χ4n) is 1.62. The third-order valence-electron chi connectivity index (χ3n) is 2.23. The molecule has 3 N–H and O–H groups in total. The van der Waals surface area contributed by atoms with Crippen molar-refractivity contribution in [3.63, 3.8) is 0 Å². The van der Waals surface area contributed by atoms with Crippen LogP contribution >= 0.6 is 0 Å². The lowest BCUT2D eigenvalue weighted by Crippen LogP contribution is -2.38. The molecule has 3 heteroatoms. The molecule has 0 aromatic carbocycles. The van der Waals surface area contributed by atoms with E-state index in [9.17, 15) is 0 Å². The highest BCUT2D eigenvalue weighted by molar-refractivity contribution is 4.63. The lowest BCUT2D eigenvalue weighted by molar-refractivity contribution is 0.249. The van der Waals surface area contributed by atoms with Crippen molar-refractivity contribution in [2.45, 2.75) is 27.7 Å². The van der Waals surface area contributed by atoms with Crippen LogP contribution in [-0.2, 0) is 0 Å². The van der Waals surface area contributed by atoms with Crippen molar-refractivity contribution in [1.82, 2.24) is 10.2 Å². The molecule has 0 amide bonds. The van der Waals surface area contributed by atoms with E-state index >= 15 is 0 Å². The van der Waals surface area contributed by atoms with Gasteiger partial charge < -0.3 is 16.0 Å². The highest BCUT2D eigenvalue weighted by Gasteiger charge is 2.05. The minimum atomic E-state index is 0.724. The first-order valence-corrected chi connectivity index (χ1v) is 6.19. The van der Waals surface area contributed by atoms with Gasteiger partial charge in [-0.2, -0.15) is 0 Å². The fraction of sp³-hybridized carbons (Fsp3) is 1.00. The van der Waals surface area contributed by atoms with Gasteiger partial charge in [0, 0.05) is 32.7 Å². The third kappa shape index (κ3) is 10.2. The van der Waals surface area contributed by atoms with Crippen LogP contribution in [0.25, 0.3) is 0 Å². The van der Waals surface area contributed by atoms with Crippen molar-refractivity contribution in [2.75, 3.05) is 39.3 Å². The van der Waals surface area contributed by atoms with E-state index in [0.717, 1.165) is 51.1 Å². The average molecular weight is 215 g/mol. The maximum Gasteiger partial charge on any atom is 0.0107 e. The van der Waals surface area contributed by atoms with Crippen LogP contribution in [0.3, 0.4) is 0 Å². The second kappa shape index (κ2) is 9.13. The molecule has 0 fully saturated rings. The molecular weight excluding hydrogens is 186 g/mol. The van der Waals surface area contributed by atoms with Crippen molar-refractivity contribution in [2.24, 2.45) is 17.6 Å². The first kappa shape index (κ1) is 14.9. The lowest BCUT2D eigenvalue weighted by atomic mass is 10.2. The van der Waals surface area contributed by atoms with E-state index in [1.807, 2.05) is 0 Å². The maximum atomic E-state index is 5.60. The lowest BCUT2D eigenvalue weighted by Gasteiger charge is -2.23. The van der Waals surface area contributed by atoms with Gasteiger partial charge in [0.1, 0.15) is 0 Å². The van der Waals surface area contributed by atoms with Crippen LogP contribution in [0.1, 0.15) is 27.7 Å². The topological polar surface area (TPSA) is 41.3 Å². The summed E-state index contributed by atoms with van der Waals surface area (Å²) in [5.74, 6) is 1.46. The summed E-state index contributed by atoms with van der Waals surface area (Å²) in [7, 11) is 0. The molecule has 0 aliphatic heterocycles. The van der Waals surface area contributed by atoms with Crippen molar-refractivity contribution < 1.29 is 0 Å². The van der Waals surface area contributed by atoms with Crippen molar-refractivity contribution in [3.8, 4) is 0 Å². The van der Waals surface area contributed by atoms with Gasteiger partial charge in [-0.25, -0.2) is 0 Å². The van der Waals surface area contributed by atoms with Gasteiger partial charge >= 0.3 is 0 Å². The zero-order chi connectivity index (χ0) is 11.7. The predicted octanol–water partition coefficient (Wildman–Crippen LogP) is 1.15. The molecule has 0 aliphatic rings. The van der Waals surface area contributed by atoms with Gasteiger partial charge in [0.25, 0.3) is 0 Å². The summed E-state index contributed by atoms with van der Waals surface area (Å²) in [6.07, 6.45) is 0. The molecular formula is C12H29N3. The van der Waals surface area contributed by atoms with E-state index in [-0.39, 0.29) is 0 Å². The first-order valence-electron chi connectivity index (χ1n) is 6.19. The van der Waals surface area contributed by atoms with E-state index in [4.69, 9.17) is 5.73 Å². The Bertz CT molecular complexity index is 135. The third-order valence-corrected chi connectivity index (χ3v) is 2.23. The Kier molecular flexibility index (Phi) is 9.06. The smallest absolute Gasteiger partial charge is 0.0107 e. The maximum absolute atomic E-state index is 5.60. The quantitative estimate of drug-likeness (QED) is 0.567. The average Bonchev–Trinajstić information content (AvgIpc) is 2.11. The summed E-state index contributed by atoms with van der Waals surface area (Å²) in [6.45, 7) is 15.2. The van der Waals surface area contributed by atoms with Gasteiger partial charge in [-0.3, -0.25) is 0 Å². The number of nitrogens with one attached hydrogen (secondary N) is 1. The van der Waals surface area contributed by atoms with Crippen LogP contribution in [0.4, 0.5) is 0 Å². The highest BCUT2D eigenvalue weighted by atomic mass is 15.1. The van der Waals surface area contributed by atoms with Crippen LogP contribution < -0.4 is 11.1 Å². The fourth-order valence-corrected chi connectivity index (χ4v) is 1.62. The second-order valence-corrected chi connectivity index (χ2v) is 5.08. The predicted molar refractivity (Wildman–Crippen MR) is 68.0 cm³/mol. The Hall–Kier alpha value is -0.120. The molecule has 0 spiro atoms. The van der Waals surface area contributed by atoms with E-state index in [2.05, 4.69) is 37.9 Å². The SMILES string of the molecule is CC(C)CNCCN(CCN)CC(C)C. The van der Waals surface area contributed by atoms with Crippen molar-refractivity contribution in [3.05, 3.63) is 0 Å². The number of hydrogen-bond acceptors (Lipinski definition) is 3. The summed E-state index contributed by atoms with van der Waals surface area (Å²) < 4.78 is 0. The summed E-state index contributed by atoms with van der Waals surface area (Å²) in [6, 6.07) is 0. The molecule has 0 saturated carbocycles. The number of nitrogens with zero attached hydrogens (tertiary/aromatic N) is 1. The molecule has 0 bridgehead atoms. The molecule has 0 aliphatic carbocycles. The minimum absolute atomic E-state index is 0.724. The molecule has 0 saturated heterocycles. The minimum Gasteiger partial charge on any atom is -0.329 e.